The number of thioether (sulfide) groups is 2. The molecule has 14 heavy (non-hydrogen) atoms. The van der Waals surface area contributed by atoms with Crippen molar-refractivity contribution in [3.05, 3.63) is 25.3 Å². The Hall–Kier alpha value is 0.180. The van der Waals surface area contributed by atoms with E-state index in [4.69, 9.17) is 0 Å². The Kier molecular flexibility index (Phi) is 13.3. The van der Waals surface area contributed by atoms with Crippen LogP contribution >= 0.6 is 23.5 Å². The predicted molar refractivity (Wildman–Crippen MR) is 73.5 cm³/mol. The summed E-state index contributed by atoms with van der Waals surface area (Å²) in [6, 6.07) is 0. The molecule has 0 aliphatic carbocycles. The summed E-state index contributed by atoms with van der Waals surface area (Å²) in [6.07, 6.45) is 9.03. The molecule has 0 aliphatic rings. The molecule has 0 unspecified atom stereocenters. The van der Waals surface area contributed by atoms with Crippen molar-refractivity contribution in [3.8, 4) is 0 Å². The van der Waals surface area contributed by atoms with Crippen LogP contribution in [0.3, 0.4) is 0 Å². The first-order valence-electron chi connectivity index (χ1n) is 5.29. The van der Waals surface area contributed by atoms with Gasteiger partial charge in [0.15, 0.2) is 0 Å². The summed E-state index contributed by atoms with van der Waals surface area (Å²) < 4.78 is 0. The first-order chi connectivity index (χ1) is 6.91. The van der Waals surface area contributed by atoms with Crippen molar-refractivity contribution in [1.29, 1.82) is 0 Å². The highest BCUT2D eigenvalue weighted by Crippen LogP contribution is 2.10. The van der Waals surface area contributed by atoms with Gasteiger partial charge in [-0.3, -0.25) is 0 Å². The molecular formula is C12H22S2. The smallest absolute Gasteiger partial charge is 0.00330 e. The molecule has 82 valence electrons. The molecule has 0 aromatic carbocycles. The van der Waals surface area contributed by atoms with E-state index in [1.807, 2.05) is 35.7 Å². The zero-order chi connectivity index (χ0) is 10.5. The maximum atomic E-state index is 3.71. The summed E-state index contributed by atoms with van der Waals surface area (Å²) in [5.41, 5.74) is 0. The molecule has 0 spiro atoms. The van der Waals surface area contributed by atoms with E-state index < -0.39 is 0 Å². The molecule has 0 amide bonds. The van der Waals surface area contributed by atoms with E-state index in [9.17, 15) is 0 Å². The van der Waals surface area contributed by atoms with Crippen LogP contribution in [0.4, 0.5) is 0 Å². The topological polar surface area (TPSA) is 0 Å². The van der Waals surface area contributed by atoms with E-state index in [1.54, 1.807) is 0 Å². The lowest BCUT2D eigenvalue weighted by molar-refractivity contribution is 0.906. The Balaban J connectivity index is 2.84. The standard InChI is InChI=1S/C12H22S2/c1-3-5-9-13-11-7-8-12-14-10-6-4-2/h3-4H,1-2,5-12H2. The summed E-state index contributed by atoms with van der Waals surface area (Å²) in [5, 5.41) is 0. The Bertz CT molecular complexity index is 116. The van der Waals surface area contributed by atoms with Crippen molar-refractivity contribution in [2.75, 3.05) is 23.0 Å². The zero-order valence-electron chi connectivity index (χ0n) is 9.04. The van der Waals surface area contributed by atoms with Gasteiger partial charge in [0.25, 0.3) is 0 Å². The summed E-state index contributed by atoms with van der Waals surface area (Å²) in [6.45, 7) is 7.42. The summed E-state index contributed by atoms with van der Waals surface area (Å²) in [7, 11) is 0. The maximum Gasteiger partial charge on any atom is -0.00330 e. The molecule has 0 radical (unpaired) electrons. The summed E-state index contributed by atoms with van der Waals surface area (Å²) in [5.74, 6) is 5.12. The largest absolute Gasteiger partial charge is 0.162 e. The molecule has 0 fully saturated rings. The van der Waals surface area contributed by atoms with E-state index >= 15 is 0 Å². The van der Waals surface area contributed by atoms with Crippen LogP contribution in [0.5, 0.6) is 0 Å². The zero-order valence-corrected chi connectivity index (χ0v) is 10.7. The van der Waals surface area contributed by atoms with Gasteiger partial charge in [0.2, 0.25) is 0 Å². The van der Waals surface area contributed by atoms with Gasteiger partial charge in [-0.25, -0.2) is 0 Å². The minimum atomic E-state index is 1.15. The molecule has 0 aromatic rings. The Morgan fingerprint density at radius 2 is 1.14 bits per heavy atom. The van der Waals surface area contributed by atoms with Crippen LogP contribution in [0.25, 0.3) is 0 Å². The van der Waals surface area contributed by atoms with E-state index in [0.717, 1.165) is 12.8 Å². The maximum absolute atomic E-state index is 3.71. The lowest BCUT2D eigenvalue weighted by Gasteiger charge is -2.00. The van der Waals surface area contributed by atoms with Gasteiger partial charge < -0.3 is 0 Å². The number of rotatable bonds is 11. The van der Waals surface area contributed by atoms with E-state index in [0.29, 0.717) is 0 Å². The number of hydrogen-bond donors (Lipinski definition) is 0. The second-order valence-electron chi connectivity index (χ2n) is 3.09. The minimum Gasteiger partial charge on any atom is -0.162 e. The van der Waals surface area contributed by atoms with Crippen LogP contribution in [-0.4, -0.2) is 23.0 Å². The van der Waals surface area contributed by atoms with Crippen molar-refractivity contribution in [3.63, 3.8) is 0 Å². The van der Waals surface area contributed by atoms with Crippen molar-refractivity contribution in [1.82, 2.24) is 0 Å². The van der Waals surface area contributed by atoms with Gasteiger partial charge in [0, 0.05) is 0 Å². The Labute approximate surface area is 97.6 Å². The van der Waals surface area contributed by atoms with Gasteiger partial charge in [0.1, 0.15) is 0 Å². The van der Waals surface area contributed by atoms with Gasteiger partial charge in [-0.15, -0.1) is 13.2 Å². The van der Waals surface area contributed by atoms with Crippen molar-refractivity contribution in [2.24, 2.45) is 0 Å². The van der Waals surface area contributed by atoms with Gasteiger partial charge >= 0.3 is 0 Å². The predicted octanol–water partition coefficient (Wildman–Crippen LogP) is 4.39. The normalized spacial score (nSPS) is 10.0. The number of unbranched alkanes of at least 4 members (excludes halogenated alkanes) is 1. The quantitative estimate of drug-likeness (QED) is 0.381. The van der Waals surface area contributed by atoms with Crippen LogP contribution in [-0.2, 0) is 0 Å². The third-order valence-corrected chi connectivity index (χ3v) is 3.96. The second kappa shape index (κ2) is 13.2. The molecule has 0 nitrogen and oxygen atoms in total. The molecule has 0 heterocycles. The second-order valence-corrected chi connectivity index (χ2v) is 5.54. The van der Waals surface area contributed by atoms with E-state index in [1.165, 1.54) is 35.9 Å². The minimum absolute atomic E-state index is 1.15. The van der Waals surface area contributed by atoms with Gasteiger partial charge in [-0.1, -0.05) is 12.2 Å². The first kappa shape index (κ1) is 14.2. The lowest BCUT2D eigenvalue weighted by Crippen LogP contribution is -1.87. The molecule has 0 bridgehead atoms. The molecule has 0 aliphatic heterocycles. The monoisotopic (exact) mass is 230 g/mol. The molecule has 0 N–H and O–H groups in total. The van der Waals surface area contributed by atoms with Crippen molar-refractivity contribution in [2.45, 2.75) is 25.7 Å². The van der Waals surface area contributed by atoms with Crippen LogP contribution < -0.4 is 0 Å². The molecule has 0 saturated heterocycles. The van der Waals surface area contributed by atoms with Crippen molar-refractivity contribution >= 4 is 23.5 Å². The highest BCUT2D eigenvalue weighted by atomic mass is 32.2. The molecule has 0 aromatic heterocycles. The van der Waals surface area contributed by atoms with Crippen molar-refractivity contribution < 1.29 is 0 Å². The Morgan fingerprint density at radius 3 is 1.50 bits per heavy atom. The average molecular weight is 230 g/mol. The number of hydrogen-bond acceptors (Lipinski definition) is 2. The van der Waals surface area contributed by atoms with Crippen LogP contribution in [0.15, 0.2) is 25.3 Å². The summed E-state index contributed by atoms with van der Waals surface area (Å²) in [4.78, 5) is 0. The van der Waals surface area contributed by atoms with E-state index in [-0.39, 0.29) is 0 Å². The van der Waals surface area contributed by atoms with Gasteiger partial charge in [0.05, 0.1) is 0 Å². The summed E-state index contributed by atoms with van der Waals surface area (Å²) >= 11 is 4.10. The Morgan fingerprint density at radius 1 is 0.714 bits per heavy atom. The van der Waals surface area contributed by atoms with Crippen LogP contribution in [0, 0.1) is 0 Å². The van der Waals surface area contributed by atoms with Crippen LogP contribution in [0.2, 0.25) is 0 Å². The molecule has 0 rings (SSSR count). The fourth-order valence-corrected chi connectivity index (χ4v) is 2.84. The fourth-order valence-electron chi connectivity index (χ4n) is 0.946. The third kappa shape index (κ3) is 12.2. The highest BCUT2D eigenvalue weighted by molar-refractivity contribution is 7.99. The lowest BCUT2D eigenvalue weighted by atomic mass is 10.4. The SMILES string of the molecule is C=CCCSCCCCSCCC=C. The number of allylic oxidation sites excluding steroid dienone is 2. The van der Waals surface area contributed by atoms with E-state index in [2.05, 4.69) is 13.2 Å². The first-order valence-corrected chi connectivity index (χ1v) is 7.60. The molecule has 2 heteroatoms. The van der Waals surface area contributed by atoms with Crippen LogP contribution in [0.1, 0.15) is 25.7 Å². The average Bonchev–Trinajstić information content (AvgIpc) is 2.21. The third-order valence-electron chi connectivity index (χ3n) is 1.76. The molecular weight excluding hydrogens is 208 g/mol. The van der Waals surface area contributed by atoms with Gasteiger partial charge in [-0.05, 0) is 48.7 Å². The fraction of sp³-hybridized carbons (Fsp3) is 0.667. The van der Waals surface area contributed by atoms with Gasteiger partial charge in [-0.2, -0.15) is 23.5 Å². The molecule has 0 atom stereocenters. The highest BCUT2D eigenvalue weighted by Gasteiger charge is 1.90. The molecule has 0 saturated carbocycles.